The Kier molecular flexibility index (Phi) is 1.21. The highest BCUT2D eigenvalue weighted by atomic mass is 16.3. The van der Waals surface area contributed by atoms with E-state index >= 15 is 0 Å². The Balaban J connectivity index is 2.82. The van der Waals surface area contributed by atoms with Crippen LogP contribution in [0.3, 0.4) is 0 Å². The molecular formula is C9H8O. The first-order valence-electron chi connectivity index (χ1n) is 3.37. The highest BCUT2D eigenvalue weighted by molar-refractivity contribution is 5.41. The fraction of sp³-hybridized carbons (Fsp3) is 0.111. The number of hydrogen-bond donors (Lipinski definition) is 0. The fourth-order valence-electron chi connectivity index (χ4n) is 1.06. The van der Waals surface area contributed by atoms with Crippen LogP contribution >= 0.6 is 0 Å². The molecule has 0 N–H and O–H groups in total. The van der Waals surface area contributed by atoms with Gasteiger partial charge < -0.3 is 4.42 Å². The van der Waals surface area contributed by atoms with Gasteiger partial charge in [-0.3, -0.25) is 0 Å². The predicted molar refractivity (Wildman–Crippen MR) is 40.6 cm³/mol. The first kappa shape index (κ1) is 5.54. The lowest BCUT2D eigenvalue weighted by Gasteiger charge is -1.73. The molecule has 1 aromatic heterocycles. The number of allylic oxidation sites excluding steroid dienone is 2. The molecule has 0 bridgehead atoms. The molecule has 2 rings (SSSR count). The van der Waals surface area contributed by atoms with Gasteiger partial charge in [0.05, 0.1) is 6.26 Å². The van der Waals surface area contributed by atoms with Crippen molar-refractivity contribution in [1.29, 1.82) is 0 Å². The molecule has 1 heteroatoms. The third-order valence-corrected chi connectivity index (χ3v) is 1.58. The molecule has 0 fully saturated rings. The zero-order valence-corrected chi connectivity index (χ0v) is 5.58. The van der Waals surface area contributed by atoms with Crippen molar-refractivity contribution in [1.82, 2.24) is 0 Å². The summed E-state index contributed by atoms with van der Waals surface area (Å²) in [4.78, 5) is 0. The summed E-state index contributed by atoms with van der Waals surface area (Å²) in [6.45, 7) is 0. The quantitative estimate of drug-likeness (QED) is 0.509. The maximum Gasteiger partial charge on any atom is 0.130 e. The first-order chi connectivity index (χ1) is 4.97. The van der Waals surface area contributed by atoms with Crippen molar-refractivity contribution in [3.8, 4) is 0 Å². The van der Waals surface area contributed by atoms with Crippen molar-refractivity contribution in [2.45, 2.75) is 6.42 Å². The van der Waals surface area contributed by atoms with Crippen LogP contribution in [-0.2, 0) is 0 Å². The predicted octanol–water partition coefficient (Wildman–Crippen LogP) is 0.800. The zero-order valence-electron chi connectivity index (χ0n) is 5.58. The van der Waals surface area contributed by atoms with Crippen molar-refractivity contribution in [3.63, 3.8) is 0 Å². The zero-order chi connectivity index (χ0) is 6.81. The first-order valence-corrected chi connectivity index (χ1v) is 3.37. The van der Waals surface area contributed by atoms with E-state index in [1.807, 2.05) is 6.07 Å². The van der Waals surface area contributed by atoms with Crippen LogP contribution in [0, 0.1) is 0 Å². The van der Waals surface area contributed by atoms with Crippen LogP contribution in [0.25, 0.3) is 12.2 Å². The minimum atomic E-state index is 0.969. The molecule has 1 nitrogen and oxygen atoms in total. The summed E-state index contributed by atoms with van der Waals surface area (Å²) in [5.41, 5.74) is 0.991. The smallest absolute Gasteiger partial charge is 0.130 e. The van der Waals surface area contributed by atoms with E-state index in [1.54, 1.807) is 6.26 Å². The van der Waals surface area contributed by atoms with E-state index in [1.165, 1.54) is 5.22 Å². The van der Waals surface area contributed by atoms with Crippen LogP contribution in [0.4, 0.5) is 0 Å². The highest BCUT2D eigenvalue weighted by Gasteiger charge is 1.88. The van der Waals surface area contributed by atoms with Gasteiger partial charge in [0.1, 0.15) is 5.42 Å². The van der Waals surface area contributed by atoms with Crippen molar-refractivity contribution in [2.24, 2.45) is 0 Å². The molecular weight excluding hydrogens is 124 g/mol. The van der Waals surface area contributed by atoms with Crippen molar-refractivity contribution < 1.29 is 4.42 Å². The molecule has 1 aromatic rings. The monoisotopic (exact) mass is 132 g/mol. The average molecular weight is 132 g/mol. The Morgan fingerprint density at radius 2 is 2.40 bits per heavy atom. The Labute approximate surface area is 59.0 Å². The van der Waals surface area contributed by atoms with Crippen molar-refractivity contribution in [3.05, 3.63) is 35.1 Å². The molecule has 0 unspecified atom stereocenters. The Hall–Kier alpha value is -1.24. The summed E-state index contributed by atoms with van der Waals surface area (Å²) >= 11 is 0. The van der Waals surface area contributed by atoms with E-state index < -0.39 is 0 Å². The molecule has 10 heavy (non-hydrogen) atoms. The second kappa shape index (κ2) is 2.18. The number of rotatable bonds is 0. The molecule has 0 saturated heterocycles. The molecule has 1 heterocycles. The van der Waals surface area contributed by atoms with Crippen LogP contribution in [0.15, 0.2) is 28.9 Å². The molecule has 0 aliphatic heterocycles. The van der Waals surface area contributed by atoms with Gasteiger partial charge in [-0.15, -0.1) is 0 Å². The van der Waals surface area contributed by atoms with Gasteiger partial charge in [-0.05, 0) is 18.6 Å². The van der Waals surface area contributed by atoms with Gasteiger partial charge in [0.25, 0.3) is 0 Å². The molecule has 0 radical (unpaired) electrons. The van der Waals surface area contributed by atoms with Crippen molar-refractivity contribution in [2.75, 3.05) is 0 Å². The van der Waals surface area contributed by atoms with E-state index in [9.17, 15) is 0 Å². The molecule has 0 saturated carbocycles. The second-order valence-electron chi connectivity index (χ2n) is 2.27. The van der Waals surface area contributed by atoms with Gasteiger partial charge in [0.2, 0.25) is 0 Å². The van der Waals surface area contributed by atoms with E-state index in [0.717, 1.165) is 11.8 Å². The van der Waals surface area contributed by atoms with Gasteiger partial charge >= 0.3 is 0 Å². The Morgan fingerprint density at radius 1 is 1.40 bits per heavy atom. The molecule has 1 aliphatic rings. The van der Waals surface area contributed by atoms with Crippen LogP contribution < -0.4 is 10.6 Å². The Morgan fingerprint density at radius 3 is 3.40 bits per heavy atom. The number of furan rings is 1. The van der Waals surface area contributed by atoms with Gasteiger partial charge in [-0.1, -0.05) is 18.2 Å². The molecule has 0 amide bonds. The third-order valence-electron chi connectivity index (χ3n) is 1.58. The lowest BCUT2D eigenvalue weighted by Crippen LogP contribution is -2.17. The summed E-state index contributed by atoms with van der Waals surface area (Å²) in [6, 6.07) is 1.97. The van der Waals surface area contributed by atoms with E-state index in [0.29, 0.717) is 0 Å². The summed E-state index contributed by atoms with van der Waals surface area (Å²) in [7, 11) is 0. The number of fused-ring (bicyclic) bond motifs is 1. The lowest BCUT2D eigenvalue weighted by molar-refractivity contribution is 0.530. The summed E-state index contributed by atoms with van der Waals surface area (Å²) in [5, 5.41) is 1.17. The van der Waals surface area contributed by atoms with Gasteiger partial charge in [-0.25, -0.2) is 0 Å². The number of hydrogen-bond acceptors (Lipinski definition) is 1. The maximum absolute atomic E-state index is 5.21. The topological polar surface area (TPSA) is 13.1 Å². The maximum atomic E-state index is 5.21. The van der Waals surface area contributed by atoms with Crippen LogP contribution in [0.1, 0.15) is 6.42 Å². The fourth-order valence-corrected chi connectivity index (χ4v) is 1.06. The van der Waals surface area contributed by atoms with Crippen LogP contribution in [-0.4, -0.2) is 0 Å². The highest BCUT2D eigenvalue weighted by Crippen LogP contribution is 1.88. The van der Waals surface area contributed by atoms with Crippen LogP contribution in [0.2, 0.25) is 0 Å². The summed E-state index contributed by atoms with van der Waals surface area (Å²) in [6.07, 6.45) is 11.0. The third kappa shape index (κ3) is 0.798. The molecule has 0 aromatic carbocycles. The average Bonchev–Trinajstić information content (AvgIpc) is 2.28. The second-order valence-corrected chi connectivity index (χ2v) is 2.27. The minimum Gasteiger partial charge on any atom is -0.465 e. The minimum absolute atomic E-state index is 0.969. The van der Waals surface area contributed by atoms with Crippen molar-refractivity contribution >= 4 is 12.2 Å². The van der Waals surface area contributed by atoms with E-state index in [-0.39, 0.29) is 0 Å². The van der Waals surface area contributed by atoms with Gasteiger partial charge in [0, 0.05) is 5.22 Å². The van der Waals surface area contributed by atoms with Crippen LogP contribution in [0.5, 0.6) is 0 Å². The lowest BCUT2D eigenvalue weighted by atomic mass is 10.4. The standard InChI is InChI=1S/C9H8O/c1-2-4-8-6-7-10-9(8)5-3-1/h1-2,4-7H,3H2. The molecule has 1 aliphatic carbocycles. The largest absolute Gasteiger partial charge is 0.465 e. The normalized spacial score (nSPS) is 14.8. The SMILES string of the molecule is C1=CCC=c2occc2=C1. The van der Waals surface area contributed by atoms with E-state index in [2.05, 4.69) is 24.3 Å². The molecule has 0 atom stereocenters. The van der Waals surface area contributed by atoms with Gasteiger partial charge in [0.15, 0.2) is 0 Å². The molecule has 50 valence electrons. The Bertz CT molecular complexity index is 354. The summed E-state index contributed by atoms with van der Waals surface area (Å²) in [5.74, 6) is 0. The van der Waals surface area contributed by atoms with Gasteiger partial charge in [-0.2, -0.15) is 0 Å². The molecule has 0 spiro atoms. The van der Waals surface area contributed by atoms with E-state index in [4.69, 9.17) is 4.42 Å². The summed E-state index contributed by atoms with van der Waals surface area (Å²) < 4.78 is 5.21.